The summed E-state index contributed by atoms with van der Waals surface area (Å²) < 4.78 is 2.03. The maximum absolute atomic E-state index is 5.63. The molecule has 2 heterocycles. The predicted octanol–water partition coefficient (Wildman–Crippen LogP) is -0.0482. The number of rotatable bonds is 1. The number of hydrogen-bond donors (Lipinski definition) is 1. The van der Waals surface area contributed by atoms with Crippen molar-refractivity contribution < 1.29 is 0 Å². The topological polar surface area (TPSA) is 47.1 Å². The highest BCUT2D eigenvalue weighted by Gasteiger charge is 2.25. The Morgan fingerprint density at radius 3 is 2.82 bits per heavy atom. The molecule has 0 aliphatic carbocycles. The lowest BCUT2D eigenvalue weighted by Crippen LogP contribution is -2.44. The van der Waals surface area contributed by atoms with Crippen LogP contribution in [0, 0.1) is 0 Å². The Bertz CT molecular complexity index is 249. The molecule has 1 aliphatic heterocycles. The SMILES string of the molecule is CN1CC(n2ccnc2N)C1. The third kappa shape index (κ3) is 0.991. The molecule has 0 bridgehead atoms. The Balaban J connectivity index is 2.12. The molecule has 0 aromatic carbocycles. The molecule has 60 valence electrons. The first-order valence-corrected chi connectivity index (χ1v) is 3.74. The standard InChI is InChI=1S/C7H12N4/c1-10-4-6(5-10)11-3-2-9-7(11)8/h2-3,6H,4-5H2,1H3,(H2,8,9). The first-order chi connectivity index (χ1) is 5.27. The molecule has 2 N–H and O–H groups in total. The molecule has 1 aromatic heterocycles. The second-order valence-electron chi connectivity index (χ2n) is 3.07. The largest absolute Gasteiger partial charge is 0.369 e. The maximum Gasteiger partial charge on any atom is 0.200 e. The molecule has 0 atom stereocenters. The van der Waals surface area contributed by atoms with Crippen molar-refractivity contribution in [2.24, 2.45) is 0 Å². The van der Waals surface area contributed by atoms with Gasteiger partial charge in [0, 0.05) is 25.5 Å². The lowest BCUT2D eigenvalue weighted by Gasteiger charge is -2.37. The minimum atomic E-state index is 0.544. The summed E-state index contributed by atoms with van der Waals surface area (Å²) in [5, 5.41) is 0. The molecule has 0 amide bonds. The second-order valence-corrected chi connectivity index (χ2v) is 3.07. The number of imidazole rings is 1. The van der Waals surface area contributed by atoms with Gasteiger partial charge < -0.3 is 15.2 Å². The van der Waals surface area contributed by atoms with Gasteiger partial charge in [0.2, 0.25) is 0 Å². The van der Waals surface area contributed by atoms with Crippen molar-refractivity contribution in [1.29, 1.82) is 0 Å². The molecule has 0 radical (unpaired) electrons. The number of hydrogen-bond acceptors (Lipinski definition) is 3. The van der Waals surface area contributed by atoms with E-state index in [0.717, 1.165) is 13.1 Å². The van der Waals surface area contributed by atoms with Crippen LogP contribution < -0.4 is 5.73 Å². The average molecular weight is 152 g/mol. The van der Waals surface area contributed by atoms with Gasteiger partial charge in [-0.2, -0.15) is 0 Å². The van der Waals surface area contributed by atoms with Gasteiger partial charge >= 0.3 is 0 Å². The molecule has 1 aromatic rings. The van der Waals surface area contributed by atoms with Gasteiger partial charge in [0.25, 0.3) is 0 Å². The Hall–Kier alpha value is -1.03. The van der Waals surface area contributed by atoms with Crippen molar-refractivity contribution in [2.75, 3.05) is 25.9 Å². The third-order valence-corrected chi connectivity index (χ3v) is 2.14. The summed E-state index contributed by atoms with van der Waals surface area (Å²) in [6.45, 7) is 2.17. The zero-order valence-electron chi connectivity index (χ0n) is 6.57. The van der Waals surface area contributed by atoms with Crippen LogP contribution >= 0.6 is 0 Å². The molecule has 0 saturated carbocycles. The number of likely N-dealkylation sites (N-methyl/N-ethyl adjacent to an activating group) is 1. The van der Waals surface area contributed by atoms with E-state index in [9.17, 15) is 0 Å². The number of aromatic nitrogens is 2. The number of likely N-dealkylation sites (tertiary alicyclic amines) is 1. The van der Waals surface area contributed by atoms with Gasteiger partial charge in [-0.05, 0) is 7.05 Å². The zero-order chi connectivity index (χ0) is 7.84. The smallest absolute Gasteiger partial charge is 0.200 e. The summed E-state index contributed by atoms with van der Waals surface area (Å²) >= 11 is 0. The van der Waals surface area contributed by atoms with Crippen molar-refractivity contribution >= 4 is 5.95 Å². The Morgan fingerprint density at radius 1 is 1.64 bits per heavy atom. The fourth-order valence-corrected chi connectivity index (χ4v) is 1.48. The van der Waals surface area contributed by atoms with E-state index in [0.29, 0.717) is 12.0 Å². The van der Waals surface area contributed by atoms with Crippen LogP contribution in [0.3, 0.4) is 0 Å². The molecule has 1 fully saturated rings. The van der Waals surface area contributed by atoms with Crippen molar-refractivity contribution in [3.8, 4) is 0 Å². The number of nitrogen functional groups attached to an aromatic ring is 1. The molecule has 1 aliphatic rings. The Kier molecular flexibility index (Phi) is 1.35. The van der Waals surface area contributed by atoms with E-state index in [1.807, 2.05) is 10.8 Å². The van der Waals surface area contributed by atoms with Gasteiger partial charge in [0.05, 0.1) is 6.04 Å². The van der Waals surface area contributed by atoms with Crippen molar-refractivity contribution in [1.82, 2.24) is 14.5 Å². The first-order valence-electron chi connectivity index (χ1n) is 3.74. The zero-order valence-corrected chi connectivity index (χ0v) is 6.57. The van der Waals surface area contributed by atoms with Crippen LogP contribution in [0.5, 0.6) is 0 Å². The summed E-state index contributed by atoms with van der Waals surface area (Å²) in [6.07, 6.45) is 3.68. The quantitative estimate of drug-likeness (QED) is 0.614. The van der Waals surface area contributed by atoms with Gasteiger partial charge in [-0.25, -0.2) is 4.98 Å². The van der Waals surface area contributed by atoms with E-state index in [2.05, 4.69) is 16.9 Å². The van der Waals surface area contributed by atoms with Gasteiger partial charge in [-0.15, -0.1) is 0 Å². The summed E-state index contributed by atoms with van der Waals surface area (Å²) in [4.78, 5) is 6.22. The molecule has 1 saturated heterocycles. The van der Waals surface area contributed by atoms with E-state index < -0.39 is 0 Å². The van der Waals surface area contributed by atoms with Gasteiger partial charge in [0.15, 0.2) is 5.95 Å². The van der Waals surface area contributed by atoms with Gasteiger partial charge in [-0.3, -0.25) is 0 Å². The second kappa shape index (κ2) is 2.23. The third-order valence-electron chi connectivity index (χ3n) is 2.14. The average Bonchev–Trinajstić information content (AvgIpc) is 2.29. The predicted molar refractivity (Wildman–Crippen MR) is 43.2 cm³/mol. The number of anilines is 1. The van der Waals surface area contributed by atoms with E-state index in [1.54, 1.807) is 6.20 Å². The Morgan fingerprint density at radius 2 is 2.36 bits per heavy atom. The van der Waals surface area contributed by atoms with E-state index in [-0.39, 0.29) is 0 Å². The van der Waals surface area contributed by atoms with Crippen LogP contribution in [0.25, 0.3) is 0 Å². The van der Waals surface area contributed by atoms with E-state index in [1.165, 1.54) is 0 Å². The molecule has 11 heavy (non-hydrogen) atoms. The van der Waals surface area contributed by atoms with Crippen LogP contribution in [0.2, 0.25) is 0 Å². The fraction of sp³-hybridized carbons (Fsp3) is 0.571. The molecule has 4 heteroatoms. The number of nitrogens with zero attached hydrogens (tertiary/aromatic N) is 3. The maximum atomic E-state index is 5.63. The van der Waals surface area contributed by atoms with Crippen LogP contribution in [0.1, 0.15) is 6.04 Å². The highest BCUT2D eigenvalue weighted by atomic mass is 15.3. The van der Waals surface area contributed by atoms with Gasteiger partial charge in [-0.1, -0.05) is 0 Å². The van der Waals surface area contributed by atoms with Gasteiger partial charge in [0.1, 0.15) is 0 Å². The molecule has 0 unspecified atom stereocenters. The van der Waals surface area contributed by atoms with Crippen LogP contribution in [0.15, 0.2) is 12.4 Å². The molecule has 2 rings (SSSR count). The molecule has 4 nitrogen and oxygen atoms in total. The fourth-order valence-electron chi connectivity index (χ4n) is 1.48. The monoisotopic (exact) mass is 152 g/mol. The summed E-state index contributed by atoms with van der Waals surface area (Å²) in [5.74, 6) is 0.628. The van der Waals surface area contributed by atoms with Crippen molar-refractivity contribution in [3.63, 3.8) is 0 Å². The van der Waals surface area contributed by atoms with Crippen LogP contribution in [-0.2, 0) is 0 Å². The van der Waals surface area contributed by atoms with Crippen LogP contribution in [0.4, 0.5) is 5.95 Å². The van der Waals surface area contributed by atoms with Crippen LogP contribution in [-0.4, -0.2) is 34.6 Å². The Labute approximate surface area is 65.6 Å². The highest BCUT2D eigenvalue weighted by Crippen LogP contribution is 2.20. The highest BCUT2D eigenvalue weighted by molar-refractivity contribution is 5.19. The minimum Gasteiger partial charge on any atom is -0.369 e. The lowest BCUT2D eigenvalue weighted by molar-refractivity contribution is 0.142. The normalized spacial score (nSPS) is 20.1. The van der Waals surface area contributed by atoms with Crippen molar-refractivity contribution in [2.45, 2.75) is 6.04 Å². The number of nitrogens with two attached hydrogens (primary N) is 1. The molecule has 0 spiro atoms. The van der Waals surface area contributed by atoms with Crippen molar-refractivity contribution in [3.05, 3.63) is 12.4 Å². The lowest BCUT2D eigenvalue weighted by atomic mass is 10.1. The summed E-state index contributed by atoms with van der Waals surface area (Å²) in [5.41, 5.74) is 5.63. The van der Waals surface area contributed by atoms with E-state index >= 15 is 0 Å². The van der Waals surface area contributed by atoms with E-state index in [4.69, 9.17) is 5.73 Å². The molecular formula is C7H12N4. The summed E-state index contributed by atoms with van der Waals surface area (Å²) in [6, 6.07) is 0.544. The molecular weight excluding hydrogens is 140 g/mol. The first kappa shape index (κ1) is 6.67. The minimum absolute atomic E-state index is 0.544. The summed E-state index contributed by atoms with van der Waals surface area (Å²) in [7, 11) is 2.10.